The fourth-order valence-corrected chi connectivity index (χ4v) is 1.69. The van der Waals surface area contributed by atoms with Crippen molar-refractivity contribution in [2.45, 2.75) is 52.8 Å². The number of allylic oxidation sites excluding steroid dienone is 1. The molecule has 0 saturated carbocycles. The second kappa shape index (κ2) is 8.61. The molecule has 0 aliphatic rings. The summed E-state index contributed by atoms with van der Waals surface area (Å²) < 4.78 is 0. The third kappa shape index (κ3) is 10.0. The Labute approximate surface area is 103 Å². The molecule has 0 radical (unpaired) electrons. The average Bonchev–Trinajstić information content (AvgIpc) is 2.20. The van der Waals surface area contributed by atoms with Gasteiger partial charge in [-0.3, -0.25) is 0 Å². The number of nitrogens with one attached hydrogen (secondary N) is 1. The minimum atomic E-state index is -1.21. The Balaban J connectivity index is 4.06. The molecule has 2 heteroatoms. The SMILES string of the molecule is CCCCNC/C(=C/C#C[Si](C)(C)C)CC. The Kier molecular flexibility index (Phi) is 8.33. The molecule has 0 unspecified atom stereocenters. The minimum Gasteiger partial charge on any atom is -0.313 e. The molecule has 0 heterocycles. The third-order valence-corrected chi connectivity index (χ3v) is 3.13. The first kappa shape index (κ1) is 15.5. The second-order valence-electron chi connectivity index (χ2n) is 5.21. The molecule has 0 amide bonds. The Morgan fingerprint density at radius 1 is 1.25 bits per heavy atom. The van der Waals surface area contributed by atoms with Crippen molar-refractivity contribution < 1.29 is 0 Å². The van der Waals surface area contributed by atoms with Gasteiger partial charge in [0.25, 0.3) is 0 Å². The van der Waals surface area contributed by atoms with E-state index in [1.54, 1.807) is 0 Å². The Bertz CT molecular complexity index is 263. The van der Waals surface area contributed by atoms with Crippen molar-refractivity contribution in [3.8, 4) is 11.5 Å². The van der Waals surface area contributed by atoms with Gasteiger partial charge in [0, 0.05) is 6.54 Å². The van der Waals surface area contributed by atoms with Gasteiger partial charge in [-0.05, 0) is 31.0 Å². The van der Waals surface area contributed by atoms with Gasteiger partial charge in [-0.2, -0.15) is 0 Å². The topological polar surface area (TPSA) is 12.0 Å². The van der Waals surface area contributed by atoms with Crippen LogP contribution in [-0.2, 0) is 0 Å². The zero-order valence-electron chi connectivity index (χ0n) is 11.6. The maximum absolute atomic E-state index is 3.46. The van der Waals surface area contributed by atoms with E-state index in [2.05, 4.69) is 56.3 Å². The molecule has 0 saturated heterocycles. The first-order valence-electron chi connectivity index (χ1n) is 6.41. The molecular weight excluding hydrogens is 210 g/mol. The predicted molar refractivity (Wildman–Crippen MR) is 77.3 cm³/mol. The fourth-order valence-electron chi connectivity index (χ4n) is 1.18. The summed E-state index contributed by atoms with van der Waals surface area (Å²) in [7, 11) is -1.21. The van der Waals surface area contributed by atoms with Crippen LogP contribution in [0.5, 0.6) is 0 Å². The van der Waals surface area contributed by atoms with Gasteiger partial charge in [-0.15, -0.1) is 5.54 Å². The summed E-state index contributed by atoms with van der Waals surface area (Å²) in [5, 5.41) is 3.46. The van der Waals surface area contributed by atoms with Crippen LogP contribution in [-0.4, -0.2) is 21.2 Å². The molecule has 0 fully saturated rings. The smallest absolute Gasteiger partial charge is 0.129 e. The van der Waals surface area contributed by atoms with Crippen molar-refractivity contribution in [2.75, 3.05) is 13.1 Å². The zero-order valence-corrected chi connectivity index (χ0v) is 12.6. The average molecular weight is 237 g/mol. The van der Waals surface area contributed by atoms with Crippen LogP contribution >= 0.6 is 0 Å². The van der Waals surface area contributed by atoms with Crippen molar-refractivity contribution in [2.24, 2.45) is 0 Å². The third-order valence-electron chi connectivity index (χ3n) is 2.24. The normalized spacial score (nSPS) is 12.2. The summed E-state index contributed by atoms with van der Waals surface area (Å²) in [6, 6.07) is 0. The number of rotatable bonds is 6. The van der Waals surface area contributed by atoms with E-state index >= 15 is 0 Å². The highest BCUT2D eigenvalue weighted by molar-refractivity contribution is 6.83. The van der Waals surface area contributed by atoms with Gasteiger partial charge >= 0.3 is 0 Å². The quantitative estimate of drug-likeness (QED) is 0.423. The molecule has 0 atom stereocenters. The highest BCUT2D eigenvalue weighted by Gasteiger charge is 2.06. The van der Waals surface area contributed by atoms with Crippen molar-refractivity contribution >= 4 is 8.07 Å². The summed E-state index contributed by atoms with van der Waals surface area (Å²) in [6.07, 6.45) is 5.72. The van der Waals surface area contributed by atoms with Crippen molar-refractivity contribution in [1.82, 2.24) is 5.32 Å². The van der Waals surface area contributed by atoms with Gasteiger partial charge < -0.3 is 5.32 Å². The predicted octanol–water partition coefficient (Wildman–Crippen LogP) is 3.59. The van der Waals surface area contributed by atoms with Gasteiger partial charge in [0.2, 0.25) is 0 Å². The lowest BCUT2D eigenvalue weighted by Crippen LogP contribution is -2.18. The number of hydrogen-bond acceptors (Lipinski definition) is 1. The van der Waals surface area contributed by atoms with Crippen molar-refractivity contribution in [3.63, 3.8) is 0 Å². The highest BCUT2D eigenvalue weighted by atomic mass is 28.3. The summed E-state index contributed by atoms with van der Waals surface area (Å²) in [6.45, 7) is 13.4. The minimum absolute atomic E-state index is 0.997. The maximum Gasteiger partial charge on any atom is 0.129 e. The molecule has 16 heavy (non-hydrogen) atoms. The monoisotopic (exact) mass is 237 g/mol. The van der Waals surface area contributed by atoms with E-state index in [9.17, 15) is 0 Å². The van der Waals surface area contributed by atoms with E-state index in [1.807, 2.05) is 0 Å². The summed E-state index contributed by atoms with van der Waals surface area (Å²) in [5.41, 5.74) is 4.79. The molecule has 92 valence electrons. The summed E-state index contributed by atoms with van der Waals surface area (Å²) in [5.74, 6) is 3.23. The van der Waals surface area contributed by atoms with E-state index in [1.165, 1.54) is 18.4 Å². The van der Waals surface area contributed by atoms with E-state index in [-0.39, 0.29) is 0 Å². The van der Waals surface area contributed by atoms with Gasteiger partial charge in [0.15, 0.2) is 0 Å². The Morgan fingerprint density at radius 2 is 1.94 bits per heavy atom. The molecule has 0 aromatic carbocycles. The van der Waals surface area contributed by atoms with Crippen LogP contribution < -0.4 is 5.32 Å². The van der Waals surface area contributed by atoms with Crippen LogP contribution in [0.3, 0.4) is 0 Å². The van der Waals surface area contributed by atoms with Gasteiger partial charge in [-0.1, -0.05) is 45.8 Å². The first-order chi connectivity index (χ1) is 7.49. The molecule has 0 aromatic heterocycles. The highest BCUT2D eigenvalue weighted by Crippen LogP contribution is 2.00. The fraction of sp³-hybridized carbons (Fsp3) is 0.714. The lowest BCUT2D eigenvalue weighted by molar-refractivity contribution is 0.664. The van der Waals surface area contributed by atoms with Crippen LogP contribution in [0.4, 0.5) is 0 Å². The Morgan fingerprint density at radius 3 is 2.44 bits per heavy atom. The van der Waals surface area contributed by atoms with Crippen molar-refractivity contribution in [3.05, 3.63) is 11.6 Å². The molecule has 0 aliphatic heterocycles. The number of hydrogen-bond donors (Lipinski definition) is 1. The van der Waals surface area contributed by atoms with Crippen LogP contribution in [0, 0.1) is 11.5 Å². The molecule has 0 rings (SSSR count). The lowest BCUT2D eigenvalue weighted by Gasteiger charge is -2.05. The largest absolute Gasteiger partial charge is 0.313 e. The second-order valence-corrected chi connectivity index (χ2v) is 9.96. The summed E-state index contributed by atoms with van der Waals surface area (Å²) >= 11 is 0. The molecule has 0 aromatic rings. The molecular formula is C14H27NSi. The molecule has 0 spiro atoms. The van der Waals surface area contributed by atoms with Gasteiger partial charge in [0.1, 0.15) is 8.07 Å². The number of unbranched alkanes of at least 4 members (excludes halogenated alkanes) is 1. The van der Waals surface area contributed by atoms with E-state index in [4.69, 9.17) is 0 Å². The molecule has 1 N–H and O–H groups in total. The summed E-state index contributed by atoms with van der Waals surface area (Å²) in [4.78, 5) is 0. The molecule has 0 aliphatic carbocycles. The lowest BCUT2D eigenvalue weighted by atomic mass is 10.2. The van der Waals surface area contributed by atoms with Crippen LogP contribution in [0.2, 0.25) is 19.6 Å². The van der Waals surface area contributed by atoms with Crippen LogP contribution in [0.15, 0.2) is 11.6 Å². The van der Waals surface area contributed by atoms with E-state index < -0.39 is 8.07 Å². The Hall–Kier alpha value is -0.523. The zero-order chi connectivity index (χ0) is 12.4. The van der Waals surface area contributed by atoms with E-state index in [0.29, 0.717) is 0 Å². The maximum atomic E-state index is 3.46. The van der Waals surface area contributed by atoms with Crippen molar-refractivity contribution in [1.29, 1.82) is 0 Å². The van der Waals surface area contributed by atoms with Crippen LogP contribution in [0.1, 0.15) is 33.1 Å². The molecule has 0 bridgehead atoms. The standard InChI is InChI=1S/C14H27NSi/c1-6-8-11-15-13-14(7-2)10-9-12-16(3,4)5/h10,15H,6-8,11,13H2,1-5H3/b14-10+. The molecule has 1 nitrogen and oxygen atoms in total. The van der Waals surface area contributed by atoms with Gasteiger partial charge in [-0.25, -0.2) is 0 Å². The van der Waals surface area contributed by atoms with E-state index in [0.717, 1.165) is 19.5 Å². The first-order valence-corrected chi connectivity index (χ1v) is 9.91. The van der Waals surface area contributed by atoms with Crippen LogP contribution in [0.25, 0.3) is 0 Å². The van der Waals surface area contributed by atoms with Gasteiger partial charge in [0.05, 0.1) is 0 Å².